The zero-order valence-corrected chi connectivity index (χ0v) is 10.8. The third-order valence-corrected chi connectivity index (χ3v) is 2.66. The van der Waals surface area contributed by atoms with Crippen molar-refractivity contribution in [3.8, 4) is 5.75 Å². The van der Waals surface area contributed by atoms with Crippen LogP contribution in [0.4, 0.5) is 11.5 Å². The number of anilines is 2. The van der Waals surface area contributed by atoms with Gasteiger partial charge < -0.3 is 15.8 Å². The monoisotopic (exact) mass is 278 g/mol. The number of nitrogen functional groups attached to an aromatic ring is 1. The molecule has 0 bridgehead atoms. The molecular formula is C12H11ClN4O2. The summed E-state index contributed by atoms with van der Waals surface area (Å²) in [5.74, 6) is 0.404. The van der Waals surface area contributed by atoms with E-state index in [2.05, 4.69) is 15.3 Å². The van der Waals surface area contributed by atoms with Gasteiger partial charge in [0.05, 0.1) is 30.2 Å². The largest absolute Gasteiger partial charge is 0.497 e. The molecule has 0 radical (unpaired) electrons. The highest BCUT2D eigenvalue weighted by Crippen LogP contribution is 2.26. The number of benzene rings is 1. The number of carbonyl (C=O) groups is 1. The van der Waals surface area contributed by atoms with Crippen LogP contribution in [0.5, 0.6) is 5.75 Å². The molecule has 3 N–H and O–H groups in total. The van der Waals surface area contributed by atoms with Crippen LogP contribution < -0.4 is 15.8 Å². The Balaban J connectivity index is 2.21. The summed E-state index contributed by atoms with van der Waals surface area (Å²) in [6.45, 7) is 0. The van der Waals surface area contributed by atoms with E-state index in [9.17, 15) is 4.79 Å². The summed E-state index contributed by atoms with van der Waals surface area (Å²) in [5, 5.41) is 3.03. The highest BCUT2D eigenvalue weighted by Gasteiger charge is 2.11. The van der Waals surface area contributed by atoms with E-state index in [4.69, 9.17) is 22.1 Å². The molecule has 98 valence electrons. The lowest BCUT2D eigenvalue weighted by atomic mass is 10.3. The number of carbonyl (C=O) groups excluding carboxylic acids is 1. The highest BCUT2D eigenvalue weighted by atomic mass is 35.5. The number of halogens is 1. The van der Waals surface area contributed by atoms with Crippen molar-refractivity contribution in [2.45, 2.75) is 0 Å². The van der Waals surface area contributed by atoms with E-state index in [-0.39, 0.29) is 11.5 Å². The number of methoxy groups -OCH3 is 1. The molecule has 19 heavy (non-hydrogen) atoms. The predicted molar refractivity (Wildman–Crippen MR) is 72.4 cm³/mol. The Morgan fingerprint density at radius 1 is 1.37 bits per heavy atom. The van der Waals surface area contributed by atoms with Crippen molar-refractivity contribution in [1.82, 2.24) is 9.97 Å². The third kappa shape index (κ3) is 3.11. The van der Waals surface area contributed by atoms with E-state index in [1.807, 2.05) is 0 Å². The number of hydrogen-bond donors (Lipinski definition) is 2. The number of nitrogens with two attached hydrogens (primary N) is 1. The number of hydrogen-bond acceptors (Lipinski definition) is 5. The molecule has 0 aliphatic carbocycles. The summed E-state index contributed by atoms with van der Waals surface area (Å²) >= 11 is 5.98. The van der Waals surface area contributed by atoms with Crippen LogP contribution in [0.2, 0.25) is 5.02 Å². The molecule has 0 saturated carbocycles. The van der Waals surface area contributed by atoms with Gasteiger partial charge in [-0.25, -0.2) is 9.97 Å². The van der Waals surface area contributed by atoms with Crippen LogP contribution >= 0.6 is 11.6 Å². The van der Waals surface area contributed by atoms with E-state index in [1.165, 1.54) is 19.5 Å². The van der Waals surface area contributed by atoms with Gasteiger partial charge in [0, 0.05) is 6.07 Å². The Kier molecular flexibility index (Phi) is 3.82. The van der Waals surface area contributed by atoms with Crippen molar-refractivity contribution in [1.29, 1.82) is 0 Å². The first-order valence-corrected chi connectivity index (χ1v) is 5.70. The number of ether oxygens (including phenoxy) is 1. The van der Waals surface area contributed by atoms with E-state index in [0.29, 0.717) is 16.5 Å². The van der Waals surface area contributed by atoms with Gasteiger partial charge in [0.15, 0.2) is 0 Å². The molecule has 6 nitrogen and oxygen atoms in total. The lowest BCUT2D eigenvalue weighted by Crippen LogP contribution is -2.14. The van der Waals surface area contributed by atoms with Crippen LogP contribution in [-0.2, 0) is 0 Å². The lowest BCUT2D eigenvalue weighted by molar-refractivity contribution is 0.102. The fourth-order valence-electron chi connectivity index (χ4n) is 1.37. The molecule has 1 aromatic heterocycles. The van der Waals surface area contributed by atoms with Gasteiger partial charge >= 0.3 is 0 Å². The van der Waals surface area contributed by atoms with Gasteiger partial charge in [-0.2, -0.15) is 0 Å². The van der Waals surface area contributed by atoms with E-state index in [1.54, 1.807) is 18.2 Å². The van der Waals surface area contributed by atoms with E-state index in [0.717, 1.165) is 0 Å². The molecule has 1 aromatic carbocycles. The van der Waals surface area contributed by atoms with Crippen molar-refractivity contribution < 1.29 is 9.53 Å². The zero-order valence-electron chi connectivity index (χ0n) is 10.1. The van der Waals surface area contributed by atoms with Gasteiger partial charge in [-0.1, -0.05) is 11.6 Å². The number of aromatic nitrogens is 2. The Hall–Kier alpha value is -2.34. The zero-order chi connectivity index (χ0) is 13.8. The van der Waals surface area contributed by atoms with Crippen LogP contribution in [0.25, 0.3) is 0 Å². The van der Waals surface area contributed by atoms with Crippen molar-refractivity contribution in [2.24, 2.45) is 0 Å². The van der Waals surface area contributed by atoms with E-state index >= 15 is 0 Å². The fourth-order valence-corrected chi connectivity index (χ4v) is 1.53. The third-order valence-electron chi connectivity index (χ3n) is 2.33. The summed E-state index contributed by atoms with van der Waals surface area (Å²) in [6.07, 6.45) is 2.60. The molecular weight excluding hydrogens is 268 g/mol. The molecule has 0 saturated heterocycles. The molecule has 0 fully saturated rings. The van der Waals surface area contributed by atoms with Gasteiger partial charge in [-0.15, -0.1) is 0 Å². The van der Waals surface area contributed by atoms with Gasteiger partial charge in [0.25, 0.3) is 5.91 Å². The van der Waals surface area contributed by atoms with Crippen LogP contribution in [0, 0.1) is 0 Å². The first-order chi connectivity index (χ1) is 9.10. The van der Waals surface area contributed by atoms with Crippen molar-refractivity contribution in [3.63, 3.8) is 0 Å². The summed E-state index contributed by atoms with van der Waals surface area (Å²) in [5.41, 5.74) is 5.98. The molecule has 0 atom stereocenters. The van der Waals surface area contributed by atoms with Gasteiger partial charge in [0.1, 0.15) is 17.3 Å². The van der Waals surface area contributed by atoms with Crippen LogP contribution in [0.1, 0.15) is 10.5 Å². The molecule has 7 heteroatoms. The van der Waals surface area contributed by atoms with Gasteiger partial charge in [-0.05, 0) is 12.1 Å². The maximum atomic E-state index is 11.9. The first-order valence-electron chi connectivity index (χ1n) is 5.32. The summed E-state index contributed by atoms with van der Waals surface area (Å²) in [4.78, 5) is 19.6. The average molecular weight is 279 g/mol. The second kappa shape index (κ2) is 5.53. The second-order valence-corrected chi connectivity index (χ2v) is 4.03. The van der Waals surface area contributed by atoms with Gasteiger partial charge in [-0.3, -0.25) is 4.79 Å². The molecule has 1 heterocycles. The first kappa shape index (κ1) is 13.1. The Labute approximate surface area is 114 Å². The molecule has 0 aliphatic rings. The molecule has 0 unspecified atom stereocenters. The molecule has 0 spiro atoms. The SMILES string of the molecule is COc1ccc(Cl)c(NC(=O)c2cnc(N)cn2)c1. The smallest absolute Gasteiger partial charge is 0.275 e. The minimum atomic E-state index is -0.428. The average Bonchev–Trinajstić information content (AvgIpc) is 2.42. The standard InChI is InChI=1S/C12H11ClN4O2/c1-19-7-2-3-8(13)9(4-7)17-12(18)10-5-16-11(14)6-15-10/h2-6H,1H3,(H2,14,16)(H,17,18). The highest BCUT2D eigenvalue weighted by molar-refractivity contribution is 6.34. The predicted octanol–water partition coefficient (Wildman–Crippen LogP) is 1.97. The maximum absolute atomic E-state index is 11.9. The van der Waals surface area contributed by atoms with Crippen molar-refractivity contribution >= 4 is 29.0 Å². The topological polar surface area (TPSA) is 90.1 Å². The summed E-state index contributed by atoms with van der Waals surface area (Å²) in [7, 11) is 1.53. The minimum Gasteiger partial charge on any atom is -0.497 e. The molecule has 2 aromatic rings. The number of rotatable bonds is 3. The lowest BCUT2D eigenvalue weighted by Gasteiger charge is -2.08. The Morgan fingerprint density at radius 2 is 2.16 bits per heavy atom. The molecule has 2 rings (SSSR count). The number of nitrogens with one attached hydrogen (secondary N) is 1. The maximum Gasteiger partial charge on any atom is 0.275 e. The fraction of sp³-hybridized carbons (Fsp3) is 0.0833. The Bertz CT molecular complexity index is 601. The normalized spacial score (nSPS) is 10.0. The summed E-state index contributed by atoms with van der Waals surface area (Å²) in [6, 6.07) is 4.94. The molecule has 1 amide bonds. The van der Waals surface area contributed by atoms with Gasteiger partial charge in [0.2, 0.25) is 0 Å². The number of nitrogens with zero attached hydrogens (tertiary/aromatic N) is 2. The Morgan fingerprint density at radius 3 is 2.79 bits per heavy atom. The summed E-state index contributed by atoms with van der Waals surface area (Å²) < 4.78 is 5.06. The second-order valence-electron chi connectivity index (χ2n) is 3.63. The minimum absolute atomic E-state index is 0.146. The van der Waals surface area contributed by atoms with E-state index < -0.39 is 5.91 Å². The van der Waals surface area contributed by atoms with Crippen molar-refractivity contribution in [3.05, 3.63) is 41.3 Å². The quantitative estimate of drug-likeness (QED) is 0.896. The van der Waals surface area contributed by atoms with Crippen LogP contribution in [0.3, 0.4) is 0 Å². The molecule has 0 aliphatic heterocycles. The number of amides is 1. The van der Waals surface area contributed by atoms with Crippen LogP contribution in [0.15, 0.2) is 30.6 Å². The van der Waals surface area contributed by atoms with Crippen LogP contribution in [-0.4, -0.2) is 23.0 Å². The van der Waals surface area contributed by atoms with Crippen molar-refractivity contribution in [2.75, 3.05) is 18.2 Å².